The molecule has 1 rings (SSSR count). The molecule has 0 unspecified atom stereocenters. The predicted molar refractivity (Wildman–Crippen MR) is 77.7 cm³/mol. The molecule has 1 heterocycles. The number of nitrogens with zero attached hydrogens (tertiary/aromatic N) is 3. The van der Waals surface area contributed by atoms with Crippen molar-refractivity contribution in [2.75, 3.05) is 47.3 Å². The van der Waals surface area contributed by atoms with Crippen LogP contribution in [0.2, 0.25) is 0 Å². The number of aliphatic carboxylic acids is 1. The third-order valence-corrected chi connectivity index (χ3v) is 3.79. The number of rotatable bonds is 7. The van der Waals surface area contributed by atoms with Crippen molar-refractivity contribution in [2.45, 2.75) is 31.7 Å². The van der Waals surface area contributed by atoms with Crippen LogP contribution in [0.25, 0.3) is 0 Å². The molecular formula is C14H27N3O3. The number of carboxylic acids is 1. The highest BCUT2D eigenvalue weighted by molar-refractivity contribution is 5.81. The number of amides is 1. The Morgan fingerprint density at radius 1 is 1.15 bits per heavy atom. The molecule has 0 aromatic carbocycles. The Hall–Kier alpha value is -1.14. The monoisotopic (exact) mass is 285 g/mol. The second-order valence-corrected chi connectivity index (χ2v) is 5.82. The summed E-state index contributed by atoms with van der Waals surface area (Å²) in [6.07, 6.45) is 1.98. The van der Waals surface area contributed by atoms with E-state index in [-0.39, 0.29) is 24.8 Å². The van der Waals surface area contributed by atoms with Crippen LogP contribution in [0.1, 0.15) is 25.7 Å². The van der Waals surface area contributed by atoms with Crippen molar-refractivity contribution in [3.05, 3.63) is 0 Å². The summed E-state index contributed by atoms with van der Waals surface area (Å²) in [6.45, 7) is 3.48. The van der Waals surface area contributed by atoms with Crippen LogP contribution in [0.3, 0.4) is 0 Å². The molecule has 0 aromatic heterocycles. The average Bonchev–Trinajstić information content (AvgIpc) is 2.38. The number of hydrogen-bond acceptors (Lipinski definition) is 4. The van der Waals surface area contributed by atoms with Crippen LogP contribution >= 0.6 is 0 Å². The maximum Gasteiger partial charge on any atom is 0.303 e. The van der Waals surface area contributed by atoms with E-state index in [0.717, 1.165) is 32.5 Å². The van der Waals surface area contributed by atoms with Gasteiger partial charge in [-0.15, -0.1) is 0 Å². The lowest BCUT2D eigenvalue weighted by molar-refractivity contribution is -0.142. The highest BCUT2D eigenvalue weighted by atomic mass is 16.4. The van der Waals surface area contributed by atoms with Crippen LogP contribution in [0.5, 0.6) is 0 Å². The Kier molecular flexibility index (Phi) is 6.95. The Morgan fingerprint density at radius 2 is 1.75 bits per heavy atom. The third kappa shape index (κ3) is 5.88. The zero-order valence-electron chi connectivity index (χ0n) is 12.8. The summed E-state index contributed by atoms with van der Waals surface area (Å²) < 4.78 is 0. The Labute approximate surface area is 121 Å². The maximum atomic E-state index is 12.3. The molecule has 1 N–H and O–H groups in total. The summed E-state index contributed by atoms with van der Waals surface area (Å²) >= 11 is 0. The number of carbonyl (C=O) groups excluding carboxylic acids is 1. The maximum absolute atomic E-state index is 12.3. The van der Waals surface area contributed by atoms with Crippen molar-refractivity contribution >= 4 is 11.9 Å². The topological polar surface area (TPSA) is 64.1 Å². The summed E-state index contributed by atoms with van der Waals surface area (Å²) in [5.74, 6) is -0.932. The molecule has 6 nitrogen and oxygen atoms in total. The minimum absolute atomic E-state index is 0.0243. The Balaban J connectivity index is 2.58. The quantitative estimate of drug-likeness (QED) is 0.730. The fourth-order valence-corrected chi connectivity index (χ4v) is 2.48. The summed E-state index contributed by atoms with van der Waals surface area (Å²) in [7, 11) is 6.05. The first-order valence-corrected chi connectivity index (χ1v) is 7.24. The zero-order valence-corrected chi connectivity index (χ0v) is 12.8. The molecule has 1 fully saturated rings. The summed E-state index contributed by atoms with van der Waals surface area (Å²) in [5, 5.41) is 8.72. The smallest absolute Gasteiger partial charge is 0.303 e. The van der Waals surface area contributed by atoms with Gasteiger partial charge >= 0.3 is 5.97 Å². The number of carboxylic acid groups (broad SMARTS) is 1. The number of hydrogen-bond donors (Lipinski definition) is 1. The Morgan fingerprint density at radius 3 is 2.25 bits per heavy atom. The van der Waals surface area contributed by atoms with E-state index < -0.39 is 5.97 Å². The van der Waals surface area contributed by atoms with Gasteiger partial charge in [0.1, 0.15) is 0 Å². The molecule has 1 amide bonds. The summed E-state index contributed by atoms with van der Waals surface area (Å²) in [5.41, 5.74) is 0. The van der Waals surface area contributed by atoms with Gasteiger partial charge in [-0.1, -0.05) is 0 Å². The third-order valence-electron chi connectivity index (χ3n) is 3.79. The minimum Gasteiger partial charge on any atom is -0.481 e. The molecule has 0 saturated carbocycles. The second-order valence-electron chi connectivity index (χ2n) is 5.82. The SMILES string of the molecule is CN(C)CCN(C(=O)CCC(=O)O)C1CCN(C)CC1. The van der Waals surface area contributed by atoms with Crippen molar-refractivity contribution in [2.24, 2.45) is 0 Å². The molecule has 20 heavy (non-hydrogen) atoms. The number of carbonyl (C=O) groups is 2. The first kappa shape index (κ1) is 16.9. The fraction of sp³-hybridized carbons (Fsp3) is 0.857. The van der Waals surface area contributed by atoms with Gasteiger partial charge in [-0.3, -0.25) is 9.59 Å². The first-order chi connectivity index (χ1) is 9.40. The highest BCUT2D eigenvalue weighted by Gasteiger charge is 2.26. The van der Waals surface area contributed by atoms with E-state index in [9.17, 15) is 9.59 Å². The van der Waals surface area contributed by atoms with Gasteiger partial charge in [-0.2, -0.15) is 0 Å². The molecule has 0 radical (unpaired) electrons. The number of likely N-dealkylation sites (tertiary alicyclic amines) is 1. The van der Waals surface area contributed by atoms with Gasteiger partial charge in [0.25, 0.3) is 0 Å². The van der Waals surface area contributed by atoms with Crippen molar-refractivity contribution in [3.63, 3.8) is 0 Å². The molecule has 1 aliphatic heterocycles. The van der Waals surface area contributed by atoms with E-state index in [0.29, 0.717) is 6.54 Å². The largest absolute Gasteiger partial charge is 0.481 e. The van der Waals surface area contributed by atoms with E-state index in [1.165, 1.54) is 0 Å². The lowest BCUT2D eigenvalue weighted by Crippen LogP contribution is -2.48. The number of piperidine rings is 1. The Bertz CT molecular complexity index is 326. The van der Waals surface area contributed by atoms with Crippen LogP contribution in [-0.4, -0.2) is 85.0 Å². The van der Waals surface area contributed by atoms with Gasteiger partial charge in [0.15, 0.2) is 0 Å². The van der Waals surface area contributed by atoms with Gasteiger partial charge in [0, 0.05) is 25.6 Å². The highest BCUT2D eigenvalue weighted by Crippen LogP contribution is 2.17. The molecule has 0 atom stereocenters. The van der Waals surface area contributed by atoms with Crippen LogP contribution in [0.15, 0.2) is 0 Å². The van der Waals surface area contributed by atoms with Crippen molar-refractivity contribution in [1.29, 1.82) is 0 Å². The predicted octanol–water partition coefficient (Wildman–Crippen LogP) is 0.336. The van der Waals surface area contributed by atoms with Gasteiger partial charge in [0.2, 0.25) is 5.91 Å². The van der Waals surface area contributed by atoms with Crippen LogP contribution in [-0.2, 0) is 9.59 Å². The van der Waals surface area contributed by atoms with Crippen molar-refractivity contribution in [3.8, 4) is 0 Å². The van der Waals surface area contributed by atoms with E-state index in [1.807, 2.05) is 23.9 Å². The molecular weight excluding hydrogens is 258 g/mol. The summed E-state index contributed by atoms with van der Waals surface area (Å²) in [4.78, 5) is 29.1. The zero-order chi connectivity index (χ0) is 15.1. The van der Waals surface area contributed by atoms with Gasteiger partial charge in [-0.05, 0) is 47.1 Å². The minimum atomic E-state index is -0.908. The van der Waals surface area contributed by atoms with E-state index in [2.05, 4.69) is 11.9 Å². The standard InChI is InChI=1S/C14H27N3O3/c1-15(2)10-11-17(13(18)4-5-14(19)20)12-6-8-16(3)9-7-12/h12H,4-11H2,1-3H3,(H,19,20). The molecule has 1 saturated heterocycles. The second kappa shape index (κ2) is 8.21. The molecule has 0 spiro atoms. The normalized spacial score (nSPS) is 17.4. The molecule has 0 aliphatic carbocycles. The van der Waals surface area contributed by atoms with Crippen molar-refractivity contribution in [1.82, 2.24) is 14.7 Å². The van der Waals surface area contributed by atoms with Crippen LogP contribution in [0.4, 0.5) is 0 Å². The average molecular weight is 285 g/mol. The molecule has 6 heteroatoms. The van der Waals surface area contributed by atoms with Gasteiger partial charge < -0.3 is 19.8 Å². The molecule has 0 aromatic rings. The molecule has 1 aliphatic rings. The molecule has 116 valence electrons. The van der Waals surface area contributed by atoms with Crippen molar-refractivity contribution < 1.29 is 14.7 Å². The van der Waals surface area contributed by atoms with E-state index >= 15 is 0 Å². The summed E-state index contributed by atoms with van der Waals surface area (Å²) in [6, 6.07) is 0.257. The number of likely N-dealkylation sites (N-methyl/N-ethyl adjacent to an activating group) is 1. The molecule has 0 bridgehead atoms. The van der Waals surface area contributed by atoms with Gasteiger partial charge in [-0.25, -0.2) is 0 Å². The fourth-order valence-electron chi connectivity index (χ4n) is 2.48. The van der Waals surface area contributed by atoms with Gasteiger partial charge in [0.05, 0.1) is 6.42 Å². The van der Waals surface area contributed by atoms with E-state index in [1.54, 1.807) is 0 Å². The first-order valence-electron chi connectivity index (χ1n) is 7.24. The van der Waals surface area contributed by atoms with Crippen LogP contribution < -0.4 is 0 Å². The lowest BCUT2D eigenvalue weighted by atomic mass is 10.0. The van der Waals surface area contributed by atoms with Crippen LogP contribution in [0, 0.1) is 0 Å². The van der Waals surface area contributed by atoms with E-state index in [4.69, 9.17) is 5.11 Å². The lowest BCUT2D eigenvalue weighted by Gasteiger charge is -2.38.